The number of aliphatic hydroxyl groups excluding tert-OH is 1. The first-order valence-corrected chi connectivity index (χ1v) is 8.06. The van der Waals surface area contributed by atoms with E-state index in [4.69, 9.17) is 0 Å². The van der Waals surface area contributed by atoms with Gasteiger partial charge in [-0.3, -0.25) is 4.79 Å². The molecule has 0 spiro atoms. The van der Waals surface area contributed by atoms with Crippen LogP contribution in [-0.4, -0.2) is 64.5 Å². The Morgan fingerprint density at radius 2 is 2.45 bits per heavy atom. The number of aromatic nitrogens is 2. The number of hydrogen-bond donors (Lipinski definition) is 3. The maximum atomic E-state index is 11.5. The normalized spacial score (nSPS) is 22.5. The Bertz CT molecular complexity index is 530. The van der Waals surface area contributed by atoms with E-state index in [0.717, 1.165) is 44.1 Å². The molecule has 1 aromatic rings. The van der Waals surface area contributed by atoms with Crippen LogP contribution in [0.4, 0.5) is 5.82 Å². The third kappa shape index (κ3) is 3.59. The van der Waals surface area contributed by atoms with Gasteiger partial charge >= 0.3 is 0 Å². The molecule has 2 aliphatic heterocycles. The summed E-state index contributed by atoms with van der Waals surface area (Å²) in [5.41, 5.74) is 1.03. The molecule has 0 aromatic carbocycles. The van der Waals surface area contributed by atoms with Crippen LogP contribution in [-0.2, 0) is 11.3 Å². The van der Waals surface area contributed by atoms with Crippen molar-refractivity contribution < 1.29 is 9.90 Å². The lowest BCUT2D eigenvalue weighted by Gasteiger charge is -2.26. The van der Waals surface area contributed by atoms with Gasteiger partial charge in [0.15, 0.2) is 0 Å². The van der Waals surface area contributed by atoms with Gasteiger partial charge in [0.1, 0.15) is 5.82 Å². The predicted octanol–water partition coefficient (Wildman–Crippen LogP) is -0.194. The SMILES string of the molecule is Cc1cc2n(n1)CC(CNCC(O)CN1CCCC1=O)CN2. The number of aliphatic hydroxyl groups is 1. The van der Waals surface area contributed by atoms with Crippen molar-refractivity contribution in [3.05, 3.63) is 11.8 Å². The number of aryl methyl sites for hydroxylation is 1. The Balaban J connectivity index is 1.37. The van der Waals surface area contributed by atoms with E-state index in [0.29, 0.717) is 25.4 Å². The number of rotatable bonds is 6. The van der Waals surface area contributed by atoms with Crippen LogP contribution in [0, 0.1) is 12.8 Å². The zero-order valence-corrected chi connectivity index (χ0v) is 13.1. The van der Waals surface area contributed by atoms with Crippen LogP contribution < -0.4 is 10.6 Å². The van der Waals surface area contributed by atoms with Crippen molar-refractivity contribution in [2.24, 2.45) is 5.92 Å². The largest absolute Gasteiger partial charge is 0.390 e. The molecule has 0 radical (unpaired) electrons. The summed E-state index contributed by atoms with van der Waals surface area (Å²) in [6.07, 6.45) is 1.04. The first-order valence-electron chi connectivity index (χ1n) is 8.06. The highest BCUT2D eigenvalue weighted by Gasteiger charge is 2.23. The van der Waals surface area contributed by atoms with E-state index in [1.807, 2.05) is 11.6 Å². The lowest BCUT2D eigenvalue weighted by Crippen LogP contribution is -2.42. The topological polar surface area (TPSA) is 82.4 Å². The van der Waals surface area contributed by atoms with Gasteiger partial charge in [-0.15, -0.1) is 0 Å². The molecule has 7 nitrogen and oxygen atoms in total. The number of nitrogens with zero attached hydrogens (tertiary/aromatic N) is 3. The highest BCUT2D eigenvalue weighted by molar-refractivity contribution is 5.78. The number of anilines is 1. The van der Waals surface area contributed by atoms with Crippen LogP contribution in [0.1, 0.15) is 18.5 Å². The molecule has 0 bridgehead atoms. The molecule has 7 heteroatoms. The van der Waals surface area contributed by atoms with E-state index in [-0.39, 0.29) is 5.91 Å². The molecule has 0 saturated carbocycles. The van der Waals surface area contributed by atoms with Gasteiger partial charge < -0.3 is 20.6 Å². The van der Waals surface area contributed by atoms with Gasteiger partial charge in [-0.05, 0) is 13.3 Å². The van der Waals surface area contributed by atoms with Crippen molar-refractivity contribution in [3.63, 3.8) is 0 Å². The first-order chi connectivity index (χ1) is 10.6. The number of likely N-dealkylation sites (tertiary alicyclic amines) is 1. The molecule has 122 valence electrons. The van der Waals surface area contributed by atoms with Crippen LogP contribution in [0.3, 0.4) is 0 Å². The number of β-amino-alcohol motifs (C(OH)–C–C–N with tert-alkyl or cyclic N) is 1. The molecule has 2 unspecified atom stereocenters. The summed E-state index contributed by atoms with van der Waals surface area (Å²) in [6.45, 7) is 6.38. The predicted molar refractivity (Wildman–Crippen MR) is 83.6 cm³/mol. The highest BCUT2D eigenvalue weighted by Crippen LogP contribution is 2.17. The van der Waals surface area contributed by atoms with Crippen molar-refractivity contribution in [1.82, 2.24) is 20.0 Å². The highest BCUT2D eigenvalue weighted by atomic mass is 16.3. The van der Waals surface area contributed by atoms with Gasteiger partial charge in [0.05, 0.1) is 11.8 Å². The van der Waals surface area contributed by atoms with Crippen molar-refractivity contribution in [1.29, 1.82) is 0 Å². The Kier molecular flexibility index (Phi) is 4.63. The van der Waals surface area contributed by atoms with Crippen LogP contribution in [0.25, 0.3) is 0 Å². The fraction of sp³-hybridized carbons (Fsp3) is 0.733. The Hall–Kier alpha value is -1.60. The van der Waals surface area contributed by atoms with Crippen molar-refractivity contribution in [3.8, 4) is 0 Å². The Labute approximate surface area is 130 Å². The van der Waals surface area contributed by atoms with Crippen LogP contribution >= 0.6 is 0 Å². The molecule has 3 heterocycles. The lowest BCUT2D eigenvalue weighted by molar-refractivity contribution is -0.128. The fourth-order valence-corrected chi connectivity index (χ4v) is 3.19. The second kappa shape index (κ2) is 6.66. The van der Waals surface area contributed by atoms with E-state index < -0.39 is 6.10 Å². The van der Waals surface area contributed by atoms with Gasteiger partial charge in [-0.2, -0.15) is 5.10 Å². The molecule has 3 N–H and O–H groups in total. The standard InChI is InChI=1S/C15H25N5O2/c1-11-5-14-17-7-12(9-20(14)18-11)6-16-8-13(21)10-19-4-2-3-15(19)22/h5,12-13,16-17,21H,2-4,6-10H2,1H3. The number of nitrogens with one attached hydrogen (secondary N) is 2. The minimum Gasteiger partial charge on any atom is -0.390 e. The molecule has 2 atom stereocenters. The summed E-state index contributed by atoms with van der Waals surface area (Å²) in [5, 5.41) is 21.2. The summed E-state index contributed by atoms with van der Waals surface area (Å²) >= 11 is 0. The summed E-state index contributed by atoms with van der Waals surface area (Å²) in [6, 6.07) is 2.06. The van der Waals surface area contributed by atoms with E-state index >= 15 is 0 Å². The Morgan fingerprint density at radius 1 is 1.59 bits per heavy atom. The lowest BCUT2D eigenvalue weighted by atomic mass is 10.1. The summed E-state index contributed by atoms with van der Waals surface area (Å²) in [4.78, 5) is 13.3. The monoisotopic (exact) mass is 307 g/mol. The summed E-state index contributed by atoms with van der Waals surface area (Å²) < 4.78 is 2.00. The van der Waals surface area contributed by atoms with E-state index in [9.17, 15) is 9.90 Å². The molecule has 1 amide bonds. The quantitative estimate of drug-likeness (QED) is 0.678. The smallest absolute Gasteiger partial charge is 0.222 e. The van der Waals surface area contributed by atoms with Gasteiger partial charge in [0.2, 0.25) is 5.91 Å². The fourth-order valence-electron chi connectivity index (χ4n) is 3.19. The minimum absolute atomic E-state index is 0.164. The number of carbonyl (C=O) groups excluding carboxylic acids is 1. The maximum Gasteiger partial charge on any atom is 0.222 e. The van der Waals surface area contributed by atoms with Crippen LogP contribution in [0.5, 0.6) is 0 Å². The van der Waals surface area contributed by atoms with E-state index in [2.05, 4.69) is 21.8 Å². The molecule has 1 aromatic heterocycles. The summed E-state index contributed by atoms with van der Waals surface area (Å²) in [5.74, 6) is 1.70. The third-order valence-electron chi connectivity index (χ3n) is 4.32. The van der Waals surface area contributed by atoms with Gasteiger partial charge in [-0.1, -0.05) is 0 Å². The van der Waals surface area contributed by atoms with Crippen LogP contribution in [0.2, 0.25) is 0 Å². The zero-order valence-electron chi connectivity index (χ0n) is 13.1. The number of amides is 1. The second-order valence-electron chi connectivity index (χ2n) is 6.36. The zero-order chi connectivity index (χ0) is 15.5. The maximum absolute atomic E-state index is 11.5. The average molecular weight is 307 g/mol. The molecule has 1 saturated heterocycles. The molecule has 2 aliphatic rings. The Morgan fingerprint density at radius 3 is 3.23 bits per heavy atom. The average Bonchev–Trinajstić information content (AvgIpc) is 3.03. The van der Waals surface area contributed by atoms with Crippen molar-refractivity contribution in [2.75, 3.05) is 38.0 Å². The number of hydrogen-bond acceptors (Lipinski definition) is 5. The number of carbonyl (C=O) groups is 1. The number of fused-ring (bicyclic) bond motifs is 1. The van der Waals surface area contributed by atoms with Gasteiger partial charge in [0, 0.05) is 57.7 Å². The molecule has 0 aliphatic carbocycles. The third-order valence-corrected chi connectivity index (χ3v) is 4.32. The van der Waals surface area contributed by atoms with Crippen molar-refractivity contribution in [2.45, 2.75) is 32.4 Å². The minimum atomic E-state index is -0.499. The van der Waals surface area contributed by atoms with E-state index in [1.165, 1.54) is 0 Å². The van der Waals surface area contributed by atoms with Crippen molar-refractivity contribution >= 4 is 11.7 Å². The first kappa shape index (κ1) is 15.3. The molecule has 3 rings (SSSR count). The van der Waals surface area contributed by atoms with Crippen LogP contribution in [0.15, 0.2) is 6.07 Å². The molecular formula is C15H25N5O2. The second-order valence-corrected chi connectivity index (χ2v) is 6.36. The molecule has 1 fully saturated rings. The molecule has 22 heavy (non-hydrogen) atoms. The van der Waals surface area contributed by atoms with E-state index in [1.54, 1.807) is 4.90 Å². The van der Waals surface area contributed by atoms with Gasteiger partial charge in [-0.25, -0.2) is 4.68 Å². The summed E-state index contributed by atoms with van der Waals surface area (Å²) in [7, 11) is 0. The molecular weight excluding hydrogens is 282 g/mol. The van der Waals surface area contributed by atoms with Gasteiger partial charge in [0.25, 0.3) is 0 Å².